The summed E-state index contributed by atoms with van der Waals surface area (Å²) in [6.07, 6.45) is 4.51. The van der Waals surface area contributed by atoms with Crippen molar-refractivity contribution in [1.29, 1.82) is 0 Å². The molecule has 0 saturated carbocycles. The number of aromatic nitrogens is 4. The number of aromatic amines is 2. The number of hydrogen-bond acceptors (Lipinski definition) is 8. The average molecular weight is 681 g/mol. The fourth-order valence-corrected chi connectivity index (χ4v) is 6.77. The molecule has 13 heteroatoms. The first kappa shape index (κ1) is 34.7. The van der Waals surface area contributed by atoms with Crippen LogP contribution in [0.2, 0.25) is 0 Å². The summed E-state index contributed by atoms with van der Waals surface area (Å²) < 4.78 is 9.82. The molecule has 0 aliphatic carbocycles. The number of benzene rings is 2. The number of methoxy groups -OCH3 is 2. The number of carbonyl (C=O) groups is 3. The van der Waals surface area contributed by atoms with Gasteiger partial charge in [-0.25, -0.2) is 14.8 Å². The standard InChI is InChI=1S/C37H44N8O5/c1-22(2)32(43-37(48)50-4)36(47)45-18-6-8-31(45)34-40-27-16-13-24(19-28(27)41-34)10-9-23-11-14-25(15-12-23)29-20-39-33(42-29)30-7-5-17-44(30)35(46)26(38)21-49-3/h11-16,19-20,22,26,30-32H,5-8,17-18,21,38H2,1-4H3,(H,39,42)(H,40,41)(H,43,48)/t26-,30-,31-,32-/m0/s1. The second-order valence-corrected chi connectivity index (χ2v) is 13.2. The number of nitrogens with zero attached hydrogens (tertiary/aromatic N) is 4. The maximum Gasteiger partial charge on any atom is 0.407 e. The minimum atomic E-state index is -0.690. The van der Waals surface area contributed by atoms with Crippen LogP contribution in [0.4, 0.5) is 4.79 Å². The summed E-state index contributed by atoms with van der Waals surface area (Å²) >= 11 is 0. The van der Waals surface area contributed by atoms with Gasteiger partial charge in [-0.15, -0.1) is 0 Å². The van der Waals surface area contributed by atoms with Crippen LogP contribution in [0, 0.1) is 17.8 Å². The number of hydrogen-bond donors (Lipinski definition) is 4. The quantitative estimate of drug-likeness (QED) is 0.192. The number of rotatable bonds is 9. The highest BCUT2D eigenvalue weighted by Crippen LogP contribution is 2.34. The van der Waals surface area contributed by atoms with Crippen LogP contribution in [0.1, 0.15) is 74.4 Å². The van der Waals surface area contributed by atoms with Crippen LogP contribution in [0.5, 0.6) is 0 Å². The van der Waals surface area contributed by atoms with Gasteiger partial charge in [-0.1, -0.05) is 37.8 Å². The van der Waals surface area contributed by atoms with Crippen molar-refractivity contribution in [2.24, 2.45) is 11.7 Å². The van der Waals surface area contributed by atoms with E-state index in [-0.39, 0.29) is 36.4 Å². The van der Waals surface area contributed by atoms with E-state index in [2.05, 4.69) is 32.1 Å². The third-order valence-corrected chi connectivity index (χ3v) is 9.40. The third kappa shape index (κ3) is 7.36. The molecule has 4 heterocycles. The lowest BCUT2D eigenvalue weighted by molar-refractivity contribution is -0.136. The van der Waals surface area contributed by atoms with Crippen molar-refractivity contribution < 1.29 is 23.9 Å². The molecule has 2 fully saturated rings. The number of imidazole rings is 2. The van der Waals surface area contributed by atoms with E-state index in [0.29, 0.717) is 13.1 Å². The molecule has 0 spiro atoms. The lowest BCUT2D eigenvalue weighted by Gasteiger charge is -2.29. The summed E-state index contributed by atoms with van der Waals surface area (Å²) in [5, 5.41) is 2.69. The van der Waals surface area contributed by atoms with Crippen molar-refractivity contribution in [3.05, 3.63) is 71.4 Å². The summed E-state index contributed by atoms with van der Waals surface area (Å²) in [7, 11) is 2.82. The van der Waals surface area contributed by atoms with Gasteiger partial charge in [0.05, 0.1) is 48.7 Å². The molecule has 2 aromatic heterocycles. The van der Waals surface area contributed by atoms with Crippen molar-refractivity contribution in [3.63, 3.8) is 0 Å². The Labute approximate surface area is 291 Å². The summed E-state index contributed by atoms with van der Waals surface area (Å²) in [5.41, 5.74) is 11.2. The third-order valence-electron chi connectivity index (χ3n) is 9.40. The number of nitrogens with one attached hydrogen (secondary N) is 3. The van der Waals surface area contributed by atoms with Gasteiger partial charge in [-0.3, -0.25) is 9.59 Å². The molecule has 2 aromatic carbocycles. The minimum absolute atomic E-state index is 0.105. The predicted molar refractivity (Wildman–Crippen MR) is 187 cm³/mol. The molecule has 262 valence electrons. The lowest BCUT2D eigenvalue weighted by Crippen LogP contribution is -2.51. The Bertz CT molecular complexity index is 1910. The Hall–Kier alpha value is -5.19. The largest absolute Gasteiger partial charge is 0.453 e. The average Bonchev–Trinajstić information content (AvgIpc) is 3.95. The smallest absolute Gasteiger partial charge is 0.407 e. The number of amides is 3. The molecule has 4 atom stereocenters. The van der Waals surface area contributed by atoms with Gasteiger partial charge < -0.3 is 40.3 Å². The number of nitrogens with two attached hydrogens (primary N) is 1. The summed E-state index contributed by atoms with van der Waals surface area (Å²) in [5.74, 6) is 7.59. The predicted octanol–water partition coefficient (Wildman–Crippen LogP) is 4.03. The van der Waals surface area contributed by atoms with E-state index in [1.807, 2.05) is 56.3 Å². The number of alkyl carbamates (subject to hydrolysis) is 1. The van der Waals surface area contributed by atoms with E-state index in [4.69, 9.17) is 20.2 Å². The molecular formula is C37H44N8O5. The Morgan fingerprint density at radius 1 is 0.940 bits per heavy atom. The van der Waals surface area contributed by atoms with E-state index in [1.165, 1.54) is 14.2 Å². The van der Waals surface area contributed by atoms with Crippen molar-refractivity contribution in [2.45, 2.75) is 63.7 Å². The Balaban J connectivity index is 1.13. The second kappa shape index (κ2) is 15.1. The van der Waals surface area contributed by atoms with Crippen LogP contribution in [0.25, 0.3) is 22.3 Å². The van der Waals surface area contributed by atoms with Gasteiger partial charge in [-0.05, 0) is 67.5 Å². The summed E-state index contributed by atoms with van der Waals surface area (Å²) in [6.45, 7) is 5.22. The van der Waals surface area contributed by atoms with Crippen LogP contribution in [0.3, 0.4) is 0 Å². The highest BCUT2D eigenvalue weighted by atomic mass is 16.5. The first-order valence-corrected chi connectivity index (χ1v) is 17.0. The number of likely N-dealkylation sites (tertiary alicyclic amines) is 2. The van der Waals surface area contributed by atoms with Crippen LogP contribution in [-0.4, -0.2) is 93.6 Å². The fourth-order valence-electron chi connectivity index (χ4n) is 6.77. The van der Waals surface area contributed by atoms with Gasteiger partial charge in [0.15, 0.2) is 0 Å². The SMILES string of the molecule is COC[C@H](N)C(=O)N1CCC[C@H]1c1ncc(-c2ccc(C#Cc3ccc4nc([C@@H]5CCCN5C(=O)[C@@H](NC(=O)OC)C(C)C)[nH]c4c3)cc2)[nH]1. The monoisotopic (exact) mass is 680 g/mol. The molecule has 13 nitrogen and oxygen atoms in total. The van der Waals surface area contributed by atoms with E-state index in [1.54, 1.807) is 16.0 Å². The molecule has 50 heavy (non-hydrogen) atoms. The van der Waals surface area contributed by atoms with Gasteiger partial charge in [0.2, 0.25) is 11.8 Å². The number of ether oxygens (including phenoxy) is 2. The molecule has 3 amide bonds. The maximum absolute atomic E-state index is 13.5. The molecule has 0 bridgehead atoms. The number of carbonyl (C=O) groups excluding carboxylic acids is 3. The zero-order valence-electron chi connectivity index (χ0n) is 28.9. The molecule has 5 N–H and O–H groups in total. The van der Waals surface area contributed by atoms with E-state index >= 15 is 0 Å². The topological polar surface area (TPSA) is 172 Å². The zero-order chi connectivity index (χ0) is 35.4. The van der Waals surface area contributed by atoms with Crippen molar-refractivity contribution in [1.82, 2.24) is 35.1 Å². The Kier molecular flexibility index (Phi) is 10.5. The van der Waals surface area contributed by atoms with Crippen molar-refractivity contribution in [2.75, 3.05) is 33.9 Å². The molecule has 2 aliphatic heterocycles. The summed E-state index contributed by atoms with van der Waals surface area (Å²) in [6, 6.07) is 12.0. The minimum Gasteiger partial charge on any atom is -0.453 e. The van der Waals surface area contributed by atoms with E-state index in [0.717, 1.165) is 70.7 Å². The maximum atomic E-state index is 13.5. The molecule has 2 saturated heterocycles. The molecular weight excluding hydrogens is 636 g/mol. The van der Waals surface area contributed by atoms with Gasteiger partial charge in [0, 0.05) is 31.3 Å². The Morgan fingerprint density at radius 2 is 1.60 bits per heavy atom. The molecule has 6 rings (SSSR count). The first-order valence-electron chi connectivity index (χ1n) is 17.0. The van der Waals surface area contributed by atoms with Crippen LogP contribution in [0.15, 0.2) is 48.7 Å². The summed E-state index contributed by atoms with van der Waals surface area (Å²) in [4.78, 5) is 58.1. The molecule has 0 unspecified atom stereocenters. The highest BCUT2D eigenvalue weighted by Gasteiger charge is 2.38. The molecule has 4 aromatic rings. The Morgan fingerprint density at radius 3 is 2.28 bits per heavy atom. The van der Waals surface area contributed by atoms with Crippen LogP contribution in [-0.2, 0) is 19.1 Å². The van der Waals surface area contributed by atoms with Gasteiger partial charge >= 0.3 is 6.09 Å². The van der Waals surface area contributed by atoms with Gasteiger partial charge in [0.25, 0.3) is 0 Å². The lowest BCUT2D eigenvalue weighted by atomic mass is 10.0. The van der Waals surface area contributed by atoms with Crippen molar-refractivity contribution >= 4 is 28.9 Å². The number of H-pyrrole nitrogens is 2. The normalized spacial score (nSPS) is 18.6. The van der Waals surface area contributed by atoms with E-state index < -0.39 is 18.2 Å². The van der Waals surface area contributed by atoms with Crippen LogP contribution >= 0.6 is 0 Å². The second-order valence-electron chi connectivity index (χ2n) is 13.2. The van der Waals surface area contributed by atoms with Gasteiger partial charge in [-0.2, -0.15) is 0 Å². The molecule has 0 radical (unpaired) electrons. The van der Waals surface area contributed by atoms with Gasteiger partial charge in [0.1, 0.15) is 23.7 Å². The zero-order valence-corrected chi connectivity index (χ0v) is 28.9. The fraction of sp³-hybridized carbons (Fsp3) is 0.432. The van der Waals surface area contributed by atoms with Crippen molar-refractivity contribution in [3.8, 4) is 23.1 Å². The highest BCUT2D eigenvalue weighted by molar-refractivity contribution is 5.87. The van der Waals surface area contributed by atoms with E-state index in [9.17, 15) is 14.4 Å². The first-order chi connectivity index (χ1) is 24.2. The molecule has 2 aliphatic rings. The number of fused-ring (bicyclic) bond motifs is 1. The van der Waals surface area contributed by atoms with Crippen LogP contribution < -0.4 is 11.1 Å².